The molecule has 22 heteroatoms. The van der Waals surface area contributed by atoms with Crippen molar-refractivity contribution in [3.8, 4) is 0 Å². The number of imide groups is 1. The second-order valence-corrected chi connectivity index (χ2v) is 15.5. The molecule has 3 aliphatic heterocycles. The molecule has 0 aromatic heterocycles. The van der Waals surface area contributed by atoms with Crippen LogP contribution in [0.15, 0.2) is 12.2 Å². The number of ether oxygens (including phenoxy) is 11. The predicted molar refractivity (Wildman–Crippen MR) is 229 cm³/mol. The van der Waals surface area contributed by atoms with E-state index in [1.807, 2.05) is 11.8 Å². The third-order valence-corrected chi connectivity index (χ3v) is 10.9. The molecule has 0 spiro atoms. The number of fused-ring (bicyclic) bond motifs is 1. The van der Waals surface area contributed by atoms with Crippen molar-refractivity contribution in [1.29, 1.82) is 0 Å². The number of nitrogens with one attached hydrogen (secondary N) is 4. The lowest BCUT2D eigenvalue weighted by molar-refractivity contribution is -0.137. The first kappa shape index (κ1) is 54.3. The topological polar surface area (TPSA) is 238 Å². The van der Waals surface area contributed by atoms with Crippen LogP contribution < -0.4 is 21.3 Å². The summed E-state index contributed by atoms with van der Waals surface area (Å²) in [5, 5.41) is 11.9. The molecule has 3 aliphatic rings. The molecule has 362 valence electrons. The molecule has 0 radical (unpaired) electrons. The monoisotopic (exact) mass is 921 g/mol. The Balaban J connectivity index is 0.885. The molecule has 63 heavy (non-hydrogen) atoms. The summed E-state index contributed by atoms with van der Waals surface area (Å²) in [6, 6.07) is 0.386. The van der Waals surface area contributed by atoms with Crippen molar-refractivity contribution in [3.63, 3.8) is 0 Å². The lowest BCUT2D eigenvalue weighted by Gasteiger charge is -2.16. The fourth-order valence-electron chi connectivity index (χ4n) is 6.14. The van der Waals surface area contributed by atoms with Gasteiger partial charge in [-0.1, -0.05) is 6.42 Å². The molecular formula is C41H71N5O16S. The summed E-state index contributed by atoms with van der Waals surface area (Å²) in [4.78, 5) is 59.3. The van der Waals surface area contributed by atoms with Crippen LogP contribution in [-0.2, 0) is 71.3 Å². The number of nitrogens with zero attached hydrogens (tertiary/aromatic N) is 1. The van der Waals surface area contributed by atoms with Crippen molar-refractivity contribution in [3.05, 3.63) is 12.2 Å². The van der Waals surface area contributed by atoms with Gasteiger partial charge in [0.25, 0.3) is 11.8 Å². The third kappa shape index (κ3) is 27.8. The summed E-state index contributed by atoms with van der Waals surface area (Å²) in [6.07, 6.45) is 5.73. The average molecular weight is 922 g/mol. The lowest BCUT2D eigenvalue weighted by Crippen LogP contribution is -2.36. The summed E-state index contributed by atoms with van der Waals surface area (Å²) in [6.45, 7) is 10.7. The van der Waals surface area contributed by atoms with Gasteiger partial charge in [-0.05, 0) is 12.8 Å². The van der Waals surface area contributed by atoms with Gasteiger partial charge in [-0.25, -0.2) is 4.79 Å². The summed E-state index contributed by atoms with van der Waals surface area (Å²) in [5.74, 6) is -0.0718. The van der Waals surface area contributed by atoms with Gasteiger partial charge in [0, 0.05) is 55.6 Å². The van der Waals surface area contributed by atoms with Crippen LogP contribution in [0.4, 0.5) is 4.79 Å². The molecule has 6 amide bonds. The first-order valence-corrected chi connectivity index (χ1v) is 23.1. The molecule has 0 unspecified atom stereocenters. The third-order valence-electron chi connectivity index (χ3n) is 9.40. The number of amides is 6. The van der Waals surface area contributed by atoms with Gasteiger partial charge in [0.05, 0.1) is 157 Å². The number of rotatable bonds is 44. The molecule has 21 nitrogen and oxygen atoms in total. The van der Waals surface area contributed by atoms with E-state index in [4.69, 9.17) is 52.1 Å². The average Bonchev–Trinajstić information content (AvgIpc) is 3.94. The summed E-state index contributed by atoms with van der Waals surface area (Å²) >= 11 is 1.90. The highest BCUT2D eigenvalue weighted by atomic mass is 32.2. The Morgan fingerprint density at radius 1 is 0.524 bits per heavy atom. The van der Waals surface area contributed by atoms with Crippen molar-refractivity contribution in [2.24, 2.45) is 0 Å². The first-order chi connectivity index (χ1) is 30.9. The molecule has 3 rings (SSSR count). The minimum atomic E-state index is -0.401. The Morgan fingerprint density at radius 3 is 1.29 bits per heavy atom. The van der Waals surface area contributed by atoms with Crippen LogP contribution in [0.1, 0.15) is 32.1 Å². The second kappa shape index (κ2) is 37.2. The molecule has 3 heterocycles. The van der Waals surface area contributed by atoms with Crippen LogP contribution in [0.3, 0.4) is 0 Å². The van der Waals surface area contributed by atoms with E-state index < -0.39 is 11.8 Å². The Bertz CT molecular complexity index is 1270. The van der Waals surface area contributed by atoms with Gasteiger partial charge in [0.15, 0.2) is 0 Å². The molecular weight excluding hydrogens is 851 g/mol. The number of hydrogen-bond donors (Lipinski definition) is 4. The number of thioether (sulfide) groups is 1. The molecule has 2 fully saturated rings. The number of carbonyl (C=O) groups excluding carboxylic acids is 5. The Labute approximate surface area is 375 Å². The summed E-state index contributed by atoms with van der Waals surface area (Å²) in [5.41, 5.74) is 0. The zero-order valence-electron chi connectivity index (χ0n) is 36.7. The number of unbranched alkanes of at least 4 members (excludes halogenated alkanes) is 1. The van der Waals surface area contributed by atoms with Crippen molar-refractivity contribution in [2.75, 3.05) is 171 Å². The number of hydrogen-bond acceptors (Lipinski definition) is 17. The van der Waals surface area contributed by atoms with Crippen LogP contribution in [0.2, 0.25) is 0 Å². The maximum absolute atomic E-state index is 12.1. The van der Waals surface area contributed by atoms with Crippen LogP contribution in [0.25, 0.3) is 0 Å². The molecule has 3 atom stereocenters. The number of carbonyl (C=O) groups is 5. The maximum Gasteiger partial charge on any atom is 0.315 e. The normalized spacial score (nSPS) is 18.0. The fourth-order valence-corrected chi connectivity index (χ4v) is 7.69. The van der Waals surface area contributed by atoms with Gasteiger partial charge >= 0.3 is 6.03 Å². The van der Waals surface area contributed by atoms with Crippen molar-refractivity contribution < 1.29 is 76.1 Å². The van der Waals surface area contributed by atoms with E-state index in [-0.39, 0.29) is 42.9 Å². The maximum atomic E-state index is 12.1. The predicted octanol–water partition coefficient (Wildman–Crippen LogP) is -0.558. The largest absolute Gasteiger partial charge is 0.377 e. The smallest absolute Gasteiger partial charge is 0.315 e. The van der Waals surface area contributed by atoms with E-state index in [0.717, 1.165) is 29.9 Å². The van der Waals surface area contributed by atoms with E-state index in [0.29, 0.717) is 170 Å². The zero-order valence-corrected chi connectivity index (χ0v) is 37.5. The second-order valence-electron chi connectivity index (χ2n) is 14.2. The van der Waals surface area contributed by atoms with Crippen LogP contribution in [-0.4, -0.2) is 223 Å². The minimum Gasteiger partial charge on any atom is -0.377 e. The Kier molecular flexibility index (Phi) is 32.1. The standard InChI is InChI=1S/C41H71N5O16S/c47-36(4-2-1-3-35-40-34(33-63-35)44-41(51)45-40)42-8-11-52-13-15-54-17-19-56-21-23-58-25-27-60-29-31-62-32-30-61-28-26-59-24-22-57-20-18-55-16-14-53-12-9-43-37(48)7-10-46-38(49)5-6-39(46)50/h5-6,34-35,40H,1-4,7-33H2,(H,42,47)(H,43,48)(H2,44,45,51)/t34-,35-,40-/m0/s1. The molecule has 0 aliphatic carbocycles. The van der Waals surface area contributed by atoms with E-state index in [1.165, 1.54) is 12.2 Å². The number of urea groups is 1. The summed E-state index contributed by atoms with van der Waals surface area (Å²) in [7, 11) is 0. The SMILES string of the molecule is O=C(CCCC[C@@H]1SC[C@@H]2NC(=O)N[C@@H]21)NCCOCCOCCOCCOCCOCCOCCOCCOCCOCCOCCOCCNC(=O)CCN1C(=O)C=CC1=O. The van der Waals surface area contributed by atoms with Crippen LogP contribution in [0, 0.1) is 0 Å². The molecule has 0 saturated carbocycles. The summed E-state index contributed by atoms with van der Waals surface area (Å²) < 4.78 is 60.3. The van der Waals surface area contributed by atoms with Gasteiger partial charge in [0.2, 0.25) is 11.8 Å². The van der Waals surface area contributed by atoms with Crippen molar-refractivity contribution >= 4 is 41.4 Å². The van der Waals surface area contributed by atoms with Crippen LogP contribution in [0.5, 0.6) is 0 Å². The highest BCUT2D eigenvalue weighted by Gasteiger charge is 2.42. The minimum absolute atomic E-state index is 0.0351. The Morgan fingerprint density at radius 2 is 0.889 bits per heavy atom. The highest BCUT2D eigenvalue weighted by Crippen LogP contribution is 2.33. The van der Waals surface area contributed by atoms with Gasteiger partial charge in [-0.3, -0.25) is 24.1 Å². The van der Waals surface area contributed by atoms with E-state index in [9.17, 15) is 24.0 Å². The van der Waals surface area contributed by atoms with E-state index in [1.54, 1.807) is 0 Å². The quantitative estimate of drug-likeness (QED) is 0.0341. The molecule has 4 N–H and O–H groups in total. The molecule has 2 saturated heterocycles. The van der Waals surface area contributed by atoms with Gasteiger partial charge in [-0.15, -0.1) is 0 Å². The van der Waals surface area contributed by atoms with E-state index in [2.05, 4.69) is 21.3 Å². The Hall–Kier alpha value is -3.00. The van der Waals surface area contributed by atoms with Crippen molar-refractivity contribution in [2.45, 2.75) is 49.4 Å². The highest BCUT2D eigenvalue weighted by molar-refractivity contribution is 8.00. The molecule has 0 aromatic rings. The van der Waals surface area contributed by atoms with Gasteiger partial charge in [0.1, 0.15) is 0 Å². The van der Waals surface area contributed by atoms with Crippen molar-refractivity contribution in [1.82, 2.24) is 26.2 Å². The van der Waals surface area contributed by atoms with Crippen LogP contribution >= 0.6 is 11.8 Å². The molecule has 0 bridgehead atoms. The van der Waals surface area contributed by atoms with Gasteiger partial charge < -0.3 is 73.4 Å². The first-order valence-electron chi connectivity index (χ1n) is 22.0. The van der Waals surface area contributed by atoms with Gasteiger partial charge in [-0.2, -0.15) is 11.8 Å². The fraction of sp³-hybridized carbons (Fsp3) is 0.829. The lowest BCUT2D eigenvalue weighted by atomic mass is 10.0. The van der Waals surface area contributed by atoms with E-state index >= 15 is 0 Å². The molecule has 0 aromatic carbocycles. The zero-order chi connectivity index (χ0) is 44.8.